The monoisotopic (exact) mass is 345 g/mol. The Labute approximate surface area is 150 Å². The molecule has 2 aliphatic rings. The van der Waals surface area contributed by atoms with Gasteiger partial charge in [-0.25, -0.2) is 4.68 Å². The maximum Gasteiger partial charge on any atom is 0.211 e. The van der Waals surface area contributed by atoms with Crippen LogP contribution in [-0.2, 0) is 0 Å². The number of hydrogen-bond donors (Lipinski definition) is 1. The minimum atomic E-state index is -0.0749. The molecule has 138 valence electrons. The van der Waals surface area contributed by atoms with Crippen LogP contribution in [0.2, 0.25) is 0 Å². The van der Waals surface area contributed by atoms with Crippen LogP contribution in [0.3, 0.4) is 0 Å². The summed E-state index contributed by atoms with van der Waals surface area (Å²) in [5, 5.41) is 12.3. The van der Waals surface area contributed by atoms with Crippen molar-refractivity contribution in [1.29, 1.82) is 0 Å². The normalized spacial score (nSPS) is 20.1. The Hall–Kier alpha value is -1.85. The molecule has 0 aliphatic heterocycles. The highest BCUT2D eigenvalue weighted by molar-refractivity contribution is 6.06. The average molecular weight is 345 g/mol. The Balaban J connectivity index is 1.85. The second kappa shape index (κ2) is 8.50. The molecule has 0 atom stereocenters. The molecule has 2 fully saturated rings. The van der Waals surface area contributed by atoms with Crippen LogP contribution in [0.15, 0.2) is 12.3 Å². The van der Waals surface area contributed by atoms with Crippen molar-refractivity contribution < 1.29 is 4.79 Å². The van der Waals surface area contributed by atoms with E-state index in [0.717, 1.165) is 31.5 Å². The van der Waals surface area contributed by atoms with Crippen LogP contribution < -0.4 is 5.32 Å². The molecule has 0 amide bonds. The number of nitrogens with zero attached hydrogens (tertiary/aromatic N) is 4. The number of hydrogen-bond acceptors (Lipinski definition) is 5. The maximum atomic E-state index is 12.6. The van der Waals surface area contributed by atoms with Crippen LogP contribution in [0, 0.1) is 0 Å². The fourth-order valence-corrected chi connectivity index (χ4v) is 3.91. The summed E-state index contributed by atoms with van der Waals surface area (Å²) in [7, 11) is 3.81. The first-order valence-electron chi connectivity index (χ1n) is 9.76. The van der Waals surface area contributed by atoms with E-state index in [4.69, 9.17) is 0 Å². The van der Waals surface area contributed by atoms with Crippen LogP contribution in [0.5, 0.6) is 0 Å². The topological polar surface area (TPSA) is 63.1 Å². The maximum absolute atomic E-state index is 12.6. The van der Waals surface area contributed by atoms with Crippen molar-refractivity contribution >= 4 is 11.6 Å². The molecule has 6 heteroatoms. The second-order valence-corrected chi connectivity index (χ2v) is 7.65. The van der Waals surface area contributed by atoms with E-state index in [1.807, 2.05) is 23.7 Å². The quantitative estimate of drug-likeness (QED) is 0.628. The van der Waals surface area contributed by atoms with E-state index in [9.17, 15) is 4.79 Å². The number of carbonyl (C=O) groups is 1. The molecule has 0 aromatic carbocycles. The van der Waals surface area contributed by atoms with Gasteiger partial charge in [-0.2, -0.15) is 0 Å². The van der Waals surface area contributed by atoms with Crippen molar-refractivity contribution in [3.8, 4) is 0 Å². The van der Waals surface area contributed by atoms with Crippen LogP contribution in [-0.4, -0.2) is 45.8 Å². The minimum absolute atomic E-state index is 0.0749. The van der Waals surface area contributed by atoms with Crippen LogP contribution >= 0.6 is 0 Å². The molecule has 0 unspecified atom stereocenters. The lowest BCUT2D eigenvalue weighted by Gasteiger charge is -2.27. The van der Waals surface area contributed by atoms with Gasteiger partial charge >= 0.3 is 0 Å². The summed E-state index contributed by atoms with van der Waals surface area (Å²) in [4.78, 5) is 14.5. The molecule has 0 spiro atoms. The van der Waals surface area contributed by atoms with Crippen molar-refractivity contribution in [2.45, 2.75) is 76.3 Å². The lowest BCUT2D eigenvalue weighted by molar-refractivity contribution is 0.104. The van der Waals surface area contributed by atoms with Gasteiger partial charge in [0.25, 0.3) is 0 Å². The minimum Gasteiger partial charge on any atom is -0.383 e. The van der Waals surface area contributed by atoms with Gasteiger partial charge in [0.1, 0.15) is 0 Å². The van der Waals surface area contributed by atoms with Crippen molar-refractivity contribution in [2.24, 2.45) is 0 Å². The van der Waals surface area contributed by atoms with Crippen LogP contribution in [0.4, 0.5) is 5.82 Å². The molecule has 25 heavy (non-hydrogen) atoms. The first-order valence-corrected chi connectivity index (χ1v) is 9.76. The molecular weight excluding hydrogens is 314 g/mol. The molecule has 6 nitrogen and oxygen atoms in total. The third-order valence-corrected chi connectivity index (χ3v) is 5.32. The zero-order valence-electron chi connectivity index (χ0n) is 15.6. The second-order valence-electron chi connectivity index (χ2n) is 7.65. The number of anilines is 1. The highest BCUT2D eigenvalue weighted by atomic mass is 16.1. The fourth-order valence-electron chi connectivity index (χ4n) is 3.91. The van der Waals surface area contributed by atoms with E-state index < -0.39 is 0 Å². The summed E-state index contributed by atoms with van der Waals surface area (Å²) < 4.78 is 2.00. The van der Waals surface area contributed by atoms with Gasteiger partial charge in [0.2, 0.25) is 5.78 Å². The first kappa shape index (κ1) is 18.0. The van der Waals surface area contributed by atoms with Crippen LogP contribution in [0.25, 0.3) is 0 Å². The largest absolute Gasteiger partial charge is 0.383 e. The number of ketones is 1. The Morgan fingerprint density at radius 2 is 1.72 bits per heavy atom. The van der Waals surface area contributed by atoms with Crippen molar-refractivity contribution in [3.63, 3.8) is 0 Å². The Kier molecular flexibility index (Phi) is 6.10. The molecule has 0 saturated heterocycles. The SMILES string of the molecule is CN(C)/C=C/C(=O)c1nnn(C2CCCCC2)c1NC1CCCCC1. The van der Waals surface area contributed by atoms with Gasteiger partial charge in [0.15, 0.2) is 11.5 Å². The molecule has 1 N–H and O–H groups in total. The number of carbonyl (C=O) groups excluding carboxylic acids is 1. The number of allylic oxidation sites excluding steroid dienone is 1. The predicted molar refractivity (Wildman–Crippen MR) is 99.8 cm³/mol. The molecule has 0 bridgehead atoms. The van der Waals surface area contributed by atoms with E-state index in [1.54, 1.807) is 12.3 Å². The van der Waals surface area contributed by atoms with E-state index in [2.05, 4.69) is 15.6 Å². The van der Waals surface area contributed by atoms with E-state index in [-0.39, 0.29) is 5.78 Å². The lowest BCUT2D eigenvalue weighted by Crippen LogP contribution is -2.26. The van der Waals surface area contributed by atoms with Crippen molar-refractivity contribution in [2.75, 3.05) is 19.4 Å². The fraction of sp³-hybridized carbons (Fsp3) is 0.737. The smallest absolute Gasteiger partial charge is 0.211 e. The summed E-state index contributed by atoms with van der Waals surface area (Å²) in [6.45, 7) is 0. The lowest BCUT2D eigenvalue weighted by atomic mass is 9.94. The number of rotatable bonds is 6. The van der Waals surface area contributed by atoms with Crippen molar-refractivity contribution in [1.82, 2.24) is 19.9 Å². The molecule has 3 rings (SSSR count). The third kappa shape index (κ3) is 4.61. The first-order chi connectivity index (χ1) is 12.1. The summed E-state index contributed by atoms with van der Waals surface area (Å²) >= 11 is 0. The molecule has 2 aliphatic carbocycles. The summed E-state index contributed by atoms with van der Waals surface area (Å²) in [5.74, 6) is 0.765. The number of nitrogens with one attached hydrogen (secondary N) is 1. The molecule has 1 aromatic heterocycles. The summed E-state index contributed by atoms with van der Waals surface area (Å²) in [6.07, 6.45) is 15.5. The summed E-state index contributed by atoms with van der Waals surface area (Å²) in [5.41, 5.74) is 0.467. The van der Waals surface area contributed by atoms with Crippen LogP contribution in [0.1, 0.15) is 80.7 Å². The molecule has 0 radical (unpaired) electrons. The molecule has 1 aromatic rings. The van der Waals surface area contributed by atoms with E-state index in [0.29, 0.717) is 17.8 Å². The van der Waals surface area contributed by atoms with Gasteiger partial charge in [0, 0.05) is 32.4 Å². The van der Waals surface area contributed by atoms with Gasteiger partial charge in [-0.15, -0.1) is 5.10 Å². The average Bonchev–Trinajstić information content (AvgIpc) is 3.05. The zero-order chi connectivity index (χ0) is 17.6. The Bertz CT molecular complexity index is 595. The van der Waals surface area contributed by atoms with Gasteiger partial charge in [0.05, 0.1) is 6.04 Å². The van der Waals surface area contributed by atoms with E-state index in [1.165, 1.54) is 38.5 Å². The van der Waals surface area contributed by atoms with Gasteiger partial charge in [-0.3, -0.25) is 4.79 Å². The third-order valence-electron chi connectivity index (χ3n) is 5.32. The van der Waals surface area contributed by atoms with Gasteiger partial charge < -0.3 is 10.2 Å². The standard InChI is InChI=1S/C19H31N5O/c1-23(2)14-13-17(25)18-19(20-15-9-5-3-6-10-15)24(22-21-18)16-11-7-4-8-12-16/h13-16,20H,3-12H2,1-2H3/b14-13+. The van der Waals surface area contributed by atoms with Gasteiger partial charge in [-0.1, -0.05) is 43.7 Å². The van der Waals surface area contributed by atoms with E-state index >= 15 is 0 Å². The molecular formula is C19H31N5O. The highest BCUT2D eigenvalue weighted by Crippen LogP contribution is 2.32. The highest BCUT2D eigenvalue weighted by Gasteiger charge is 2.26. The predicted octanol–water partition coefficient (Wildman–Crippen LogP) is 3.79. The van der Waals surface area contributed by atoms with Gasteiger partial charge in [-0.05, 0) is 25.7 Å². The summed E-state index contributed by atoms with van der Waals surface area (Å²) in [6, 6.07) is 0.797. The molecule has 2 saturated carbocycles. The number of aromatic nitrogens is 3. The molecule has 1 heterocycles. The zero-order valence-corrected chi connectivity index (χ0v) is 15.6. The van der Waals surface area contributed by atoms with Crippen molar-refractivity contribution in [3.05, 3.63) is 18.0 Å². The Morgan fingerprint density at radius 1 is 1.08 bits per heavy atom. The Morgan fingerprint density at radius 3 is 2.36 bits per heavy atom.